The number of allylic oxidation sites excluding steroid dienone is 2. The van der Waals surface area contributed by atoms with Crippen LogP contribution in [0, 0.1) is 11.3 Å². The summed E-state index contributed by atoms with van der Waals surface area (Å²) in [4.78, 5) is 15.2. The molecule has 0 aliphatic rings. The van der Waals surface area contributed by atoms with Gasteiger partial charge < -0.3 is 11.1 Å². The van der Waals surface area contributed by atoms with Crippen LogP contribution in [-0.2, 0) is 4.79 Å². The van der Waals surface area contributed by atoms with Gasteiger partial charge in [-0.2, -0.15) is 5.26 Å². The minimum Gasteiger partial charge on any atom is -0.399 e. The molecule has 1 amide bonds. The van der Waals surface area contributed by atoms with Crippen LogP contribution in [0.1, 0.15) is 20.8 Å². The largest absolute Gasteiger partial charge is 0.399 e. The van der Waals surface area contributed by atoms with Crippen LogP contribution in [0.15, 0.2) is 28.5 Å². The van der Waals surface area contributed by atoms with Gasteiger partial charge in [0.05, 0.1) is 6.07 Å². The van der Waals surface area contributed by atoms with Crippen molar-refractivity contribution in [2.45, 2.75) is 26.3 Å². The highest BCUT2D eigenvalue weighted by Crippen LogP contribution is 2.05. The van der Waals surface area contributed by atoms with Crippen LogP contribution in [0.4, 0.5) is 0 Å². The van der Waals surface area contributed by atoms with E-state index in [2.05, 4.69) is 17.0 Å². The van der Waals surface area contributed by atoms with Crippen molar-refractivity contribution in [2.24, 2.45) is 10.7 Å². The molecule has 0 radical (unpaired) electrons. The zero-order valence-corrected chi connectivity index (χ0v) is 9.74. The highest BCUT2D eigenvalue weighted by atomic mass is 16.2. The zero-order chi connectivity index (χ0) is 12.8. The van der Waals surface area contributed by atoms with E-state index in [1.165, 1.54) is 6.08 Å². The van der Waals surface area contributed by atoms with Crippen molar-refractivity contribution in [3.63, 3.8) is 0 Å². The molecule has 5 nitrogen and oxygen atoms in total. The summed E-state index contributed by atoms with van der Waals surface area (Å²) in [6, 6.07) is 1.95. The quantitative estimate of drug-likeness (QED) is 0.418. The fourth-order valence-electron chi connectivity index (χ4n) is 0.800. The Balaban J connectivity index is 4.91. The van der Waals surface area contributed by atoms with Crippen molar-refractivity contribution in [3.8, 4) is 6.07 Å². The highest BCUT2D eigenvalue weighted by Gasteiger charge is 2.21. The molecule has 0 fully saturated rings. The summed E-state index contributed by atoms with van der Waals surface area (Å²) >= 11 is 0. The second-order valence-electron chi connectivity index (χ2n) is 3.67. The SMILES string of the molecule is C=N/C(=C\C(N)=C/C)C(=O)NC(C)(C)C#N. The smallest absolute Gasteiger partial charge is 0.271 e. The number of hydrogen-bond acceptors (Lipinski definition) is 4. The number of rotatable bonds is 4. The molecule has 0 aromatic heterocycles. The molecule has 0 saturated heterocycles. The van der Waals surface area contributed by atoms with Gasteiger partial charge in [-0.1, -0.05) is 6.08 Å². The Bertz CT molecular complexity index is 385. The molecule has 0 saturated carbocycles. The fourth-order valence-corrected chi connectivity index (χ4v) is 0.800. The third-order valence-corrected chi connectivity index (χ3v) is 1.75. The number of carbonyl (C=O) groups excluding carboxylic acids is 1. The molecule has 0 rings (SSSR count). The molecular formula is C11H16N4O. The van der Waals surface area contributed by atoms with Crippen LogP contribution < -0.4 is 11.1 Å². The normalized spacial score (nSPS) is 12.9. The lowest BCUT2D eigenvalue weighted by molar-refractivity contribution is -0.118. The van der Waals surface area contributed by atoms with Crippen molar-refractivity contribution in [2.75, 3.05) is 0 Å². The van der Waals surface area contributed by atoms with Crippen LogP contribution in [-0.4, -0.2) is 18.2 Å². The van der Waals surface area contributed by atoms with E-state index in [4.69, 9.17) is 11.0 Å². The summed E-state index contributed by atoms with van der Waals surface area (Å²) in [7, 11) is 0. The number of hydrogen-bond donors (Lipinski definition) is 2. The lowest BCUT2D eigenvalue weighted by Gasteiger charge is -2.17. The third-order valence-electron chi connectivity index (χ3n) is 1.75. The Morgan fingerprint density at radius 2 is 2.19 bits per heavy atom. The van der Waals surface area contributed by atoms with Crippen molar-refractivity contribution >= 4 is 12.6 Å². The predicted molar refractivity (Wildman–Crippen MR) is 63.4 cm³/mol. The van der Waals surface area contributed by atoms with Gasteiger partial charge in [0.2, 0.25) is 0 Å². The van der Waals surface area contributed by atoms with Gasteiger partial charge in [-0.25, -0.2) is 0 Å². The second kappa shape index (κ2) is 5.71. The lowest BCUT2D eigenvalue weighted by Crippen LogP contribution is -2.42. The van der Waals surface area contributed by atoms with E-state index in [0.717, 1.165) is 0 Å². The van der Waals surface area contributed by atoms with Crippen LogP contribution in [0.25, 0.3) is 0 Å². The first kappa shape index (κ1) is 13.9. The summed E-state index contributed by atoms with van der Waals surface area (Å²) in [5, 5.41) is 11.3. The zero-order valence-electron chi connectivity index (χ0n) is 9.74. The van der Waals surface area contributed by atoms with Crippen molar-refractivity contribution < 1.29 is 4.79 Å². The average Bonchev–Trinajstić information content (AvgIpc) is 2.24. The van der Waals surface area contributed by atoms with Gasteiger partial charge in [0.1, 0.15) is 11.2 Å². The highest BCUT2D eigenvalue weighted by molar-refractivity contribution is 5.94. The summed E-state index contributed by atoms with van der Waals surface area (Å²) in [5.41, 5.74) is 5.07. The van der Waals surface area contributed by atoms with Crippen molar-refractivity contribution in [1.29, 1.82) is 5.26 Å². The Morgan fingerprint density at radius 1 is 1.62 bits per heavy atom. The number of nitriles is 1. The predicted octanol–water partition coefficient (Wildman–Crippen LogP) is 0.852. The molecule has 0 bridgehead atoms. The lowest BCUT2D eigenvalue weighted by atomic mass is 10.1. The third kappa shape index (κ3) is 4.42. The maximum absolute atomic E-state index is 11.7. The van der Waals surface area contributed by atoms with Gasteiger partial charge in [-0.15, -0.1) is 0 Å². The first-order valence-corrected chi connectivity index (χ1v) is 4.70. The van der Waals surface area contributed by atoms with E-state index in [9.17, 15) is 4.79 Å². The van der Waals surface area contributed by atoms with Gasteiger partial charge in [0.25, 0.3) is 5.91 Å². The monoisotopic (exact) mass is 220 g/mol. The number of carbonyl (C=O) groups is 1. The summed E-state index contributed by atoms with van der Waals surface area (Å²) in [6.45, 7) is 8.20. The molecule has 0 heterocycles. The first-order valence-electron chi connectivity index (χ1n) is 4.70. The second-order valence-corrected chi connectivity index (χ2v) is 3.67. The van der Waals surface area contributed by atoms with Crippen LogP contribution in [0.3, 0.4) is 0 Å². The Hall–Kier alpha value is -2.09. The summed E-state index contributed by atoms with van der Waals surface area (Å²) < 4.78 is 0. The van der Waals surface area contributed by atoms with E-state index in [0.29, 0.717) is 5.70 Å². The molecule has 0 spiro atoms. The van der Waals surface area contributed by atoms with E-state index in [1.54, 1.807) is 26.8 Å². The molecule has 0 unspecified atom stereocenters. The molecule has 86 valence electrons. The minimum absolute atomic E-state index is 0.0823. The van der Waals surface area contributed by atoms with Crippen molar-refractivity contribution in [3.05, 3.63) is 23.5 Å². The maximum Gasteiger partial charge on any atom is 0.271 e. The Kier molecular flexibility index (Phi) is 4.96. The van der Waals surface area contributed by atoms with Gasteiger partial charge >= 0.3 is 0 Å². The minimum atomic E-state index is -0.953. The molecule has 16 heavy (non-hydrogen) atoms. The molecule has 0 aromatic rings. The van der Waals surface area contributed by atoms with Crippen LogP contribution >= 0.6 is 0 Å². The number of nitrogens with zero attached hydrogens (tertiary/aromatic N) is 2. The summed E-state index contributed by atoms with van der Waals surface area (Å²) in [5.74, 6) is -0.480. The molecule has 0 aromatic carbocycles. The number of amides is 1. The maximum atomic E-state index is 11.7. The van der Waals surface area contributed by atoms with E-state index in [-0.39, 0.29) is 5.70 Å². The first-order chi connectivity index (χ1) is 7.36. The number of aliphatic imine (C=N–C) groups is 1. The van der Waals surface area contributed by atoms with Gasteiger partial charge in [0.15, 0.2) is 0 Å². The van der Waals surface area contributed by atoms with E-state index < -0.39 is 11.4 Å². The summed E-state index contributed by atoms with van der Waals surface area (Å²) in [6.07, 6.45) is 3.03. The van der Waals surface area contributed by atoms with Gasteiger partial charge in [0, 0.05) is 5.70 Å². The molecule has 3 N–H and O–H groups in total. The van der Waals surface area contributed by atoms with Crippen LogP contribution in [0.5, 0.6) is 0 Å². The molecule has 0 atom stereocenters. The fraction of sp³-hybridized carbons (Fsp3) is 0.364. The van der Waals surface area contributed by atoms with Gasteiger partial charge in [-0.05, 0) is 33.6 Å². The van der Waals surface area contributed by atoms with E-state index >= 15 is 0 Å². The van der Waals surface area contributed by atoms with E-state index in [1.807, 2.05) is 6.07 Å². The number of nitrogens with two attached hydrogens (primary N) is 1. The molecule has 5 heteroatoms. The Morgan fingerprint density at radius 3 is 2.56 bits per heavy atom. The van der Waals surface area contributed by atoms with Gasteiger partial charge in [-0.3, -0.25) is 9.79 Å². The molecule has 0 aliphatic carbocycles. The molecular weight excluding hydrogens is 204 g/mol. The average molecular weight is 220 g/mol. The Labute approximate surface area is 95.3 Å². The van der Waals surface area contributed by atoms with Crippen molar-refractivity contribution in [1.82, 2.24) is 5.32 Å². The topological polar surface area (TPSA) is 91.3 Å². The van der Waals surface area contributed by atoms with Crippen LogP contribution in [0.2, 0.25) is 0 Å². The number of nitrogens with one attached hydrogen (secondary N) is 1. The standard InChI is InChI=1S/C11H16N4O/c1-5-8(13)6-9(14-4)10(16)15-11(2,3)7-12/h5-6H,4,13H2,1-3H3,(H,15,16)/b8-5+,9-6-. The molecule has 0 aliphatic heterocycles.